The van der Waals surface area contributed by atoms with Gasteiger partial charge in [0.05, 0.1) is 11.6 Å². The largest absolute Gasteiger partial charge is 0.364 e. The van der Waals surface area contributed by atoms with Crippen molar-refractivity contribution < 1.29 is 4.79 Å². The fraction of sp³-hybridized carbons (Fsp3) is 0.143. The molecule has 1 unspecified atom stereocenters. The van der Waals surface area contributed by atoms with Crippen LogP contribution in [0.2, 0.25) is 0 Å². The molecule has 0 radical (unpaired) electrons. The first kappa shape index (κ1) is 13.5. The highest BCUT2D eigenvalue weighted by Crippen LogP contribution is 2.17. The highest BCUT2D eigenvalue weighted by molar-refractivity contribution is 5.90. The minimum atomic E-state index is -0.607. The van der Waals surface area contributed by atoms with E-state index in [0.717, 1.165) is 5.56 Å². The number of rotatable bonds is 4. The minimum Gasteiger partial charge on any atom is -0.364 e. The van der Waals surface area contributed by atoms with Gasteiger partial charge >= 0.3 is 0 Å². The Hall–Kier alpha value is -2.94. The summed E-state index contributed by atoms with van der Waals surface area (Å²) in [5.41, 5.74) is 6.86. The van der Waals surface area contributed by atoms with Gasteiger partial charge in [0.15, 0.2) is 5.69 Å². The van der Waals surface area contributed by atoms with Gasteiger partial charge in [0.1, 0.15) is 5.82 Å². The second kappa shape index (κ2) is 5.80. The van der Waals surface area contributed by atoms with Crippen molar-refractivity contribution >= 4 is 11.7 Å². The number of nitrogens with one attached hydrogen (secondary N) is 1. The van der Waals surface area contributed by atoms with E-state index in [0.29, 0.717) is 11.4 Å². The second-order valence-electron chi connectivity index (χ2n) is 4.27. The predicted octanol–water partition coefficient (Wildman–Crippen LogP) is 1.62. The Kier molecular flexibility index (Phi) is 3.91. The average molecular weight is 267 g/mol. The van der Waals surface area contributed by atoms with Crippen LogP contribution in [0.25, 0.3) is 0 Å². The third-order valence-electron chi connectivity index (χ3n) is 2.82. The Bertz CT molecular complexity index is 643. The fourth-order valence-electron chi connectivity index (χ4n) is 1.69. The molecule has 0 bridgehead atoms. The third-order valence-corrected chi connectivity index (χ3v) is 2.82. The summed E-state index contributed by atoms with van der Waals surface area (Å²) in [6, 6.07) is 12.5. The van der Waals surface area contributed by atoms with E-state index in [1.807, 2.05) is 19.1 Å². The van der Waals surface area contributed by atoms with Crippen molar-refractivity contribution in [1.29, 1.82) is 5.26 Å². The van der Waals surface area contributed by atoms with Crippen molar-refractivity contribution in [3.8, 4) is 6.07 Å². The summed E-state index contributed by atoms with van der Waals surface area (Å²) in [6.45, 7) is 1.96. The Labute approximate surface area is 116 Å². The fourth-order valence-corrected chi connectivity index (χ4v) is 1.69. The summed E-state index contributed by atoms with van der Waals surface area (Å²) < 4.78 is 0. The van der Waals surface area contributed by atoms with Crippen molar-refractivity contribution in [1.82, 2.24) is 10.2 Å². The van der Waals surface area contributed by atoms with Crippen LogP contribution in [0.15, 0.2) is 36.4 Å². The summed E-state index contributed by atoms with van der Waals surface area (Å²) in [5, 5.41) is 19.5. The van der Waals surface area contributed by atoms with Crippen molar-refractivity contribution in [2.24, 2.45) is 5.73 Å². The van der Waals surface area contributed by atoms with Crippen LogP contribution in [-0.2, 0) is 0 Å². The van der Waals surface area contributed by atoms with E-state index in [-0.39, 0.29) is 11.7 Å². The van der Waals surface area contributed by atoms with Gasteiger partial charge in [0.2, 0.25) is 0 Å². The van der Waals surface area contributed by atoms with Crippen molar-refractivity contribution in [3.05, 3.63) is 53.2 Å². The van der Waals surface area contributed by atoms with Crippen LogP contribution in [0.5, 0.6) is 0 Å². The number of nitrogens with zero attached hydrogens (tertiary/aromatic N) is 3. The van der Waals surface area contributed by atoms with Gasteiger partial charge in [-0.05, 0) is 36.8 Å². The first-order valence-electron chi connectivity index (χ1n) is 6.00. The number of nitriles is 1. The van der Waals surface area contributed by atoms with Gasteiger partial charge in [-0.15, -0.1) is 10.2 Å². The first-order chi connectivity index (χ1) is 9.60. The molecule has 1 aromatic heterocycles. The number of carbonyl (C=O) groups excluding carboxylic acids is 1. The van der Waals surface area contributed by atoms with Crippen LogP contribution in [0.3, 0.4) is 0 Å². The van der Waals surface area contributed by atoms with E-state index < -0.39 is 5.91 Å². The molecule has 100 valence electrons. The molecule has 6 heteroatoms. The van der Waals surface area contributed by atoms with E-state index in [2.05, 4.69) is 21.6 Å². The Morgan fingerprint density at radius 1 is 1.25 bits per heavy atom. The summed E-state index contributed by atoms with van der Waals surface area (Å²) in [4.78, 5) is 10.9. The molecule has 0 fully saturated rings. The van der Waals surface area contributed by atoms with Gasteiger partial charge in [-0.25, -0.2) is 0 Å². The molecular weight excluding hydrogens is 254 g/mol. The molecule has 0 aliphatic rings. The van der Waals surface area contributed by atoms with Crippen LogP contribution in [0, 0.1) is 11.3 Å². The summed E-state index contributed by atoms with van der Waals surface area (Å²) in [6.07, 6.45) is 0. The number of aromatic nitrogens is 2. The zero-order valence-corrected chi connectivity index (χ0v) is 10.9. The van der Waals surface area contributed by atoms with E-state index in [9.17, 15) is 4.79 Å². The quantitative estimate of drug-likeness (QED) is 0.875. The molecule has 1 atom stereocenters. The standard InChI is InChI=1S/C14H13N5O/c1-9(11-4-2-10(8-15)3-5-11)17-13-7-6-12(14(16)20)18-19-13/h2-7,9H,1H3,(H2,16,20)(H,17,19). The van der Waals surface area contributed by atoms with Crippen LogP contribution in [-0.4, -0.2) is 16.1 Å². The summed E-state index contributed by atoms with van der Waals surface area (Å²) in [7, 11) is 0. The molecule has 6 nitrogen and oxygen atoms in total. The molecule has 3 N–H and O–H groups in total. The van der Waals surface area contributed by atoms with Crippen molar-refractivity contribution in [3.63, 3.8) is 0 Å². The van der Waals surface area contributed by atoms with Crippen molar-refractivity contribution in [2.75, 3.05) is 5.32 Å². The maximum absolute atomic E-state index is 10.9. The van der Waals surface area contributed by atoms with Gasteiger partial charge in [0.25, 0.3) is 5.91 Å². The van der Waals surface area contributed by atoms with Crippen LogP contribution in [0.1, 0.15) is 34.6 Å². The molecule has 0 saturated heterocycles. The number of nitrogens with two attached hydrogens (primary N) is 1. The second-order valence-corrected chi connectivity index (χ2v) is 4.27. The summed E-state index contributed by atoms with van der Waals surface area (Å²) >= 11 is 0. The molecule has 20 heavy (non-hydrogen) atoms. The maximum Gasteiger partial charge on any atom is 0.269 e. The van der Waals surface area contributed by atoms with Gasteiger partial charge in [-0.2, -0.15) is 5.26 Å². The van der Waals surface area contributed by atoms with Gasteiger partial charge in [0, 0.05) is 6.04 Å². The van der Waals surface area contributed by atoms with Gasteiger partial charge < -0.3 is 11.1 Å². The lowest BCUT2D eigenvalue weighted by atomic mass is 10.1. The SMILES string of the molecule is CC(Nc1ccc(C(N)=O)nn1)c1ccc(C#N)cc1. The van der Waals surface area contributed by atoms with Crippen LogP contribution < -0.4 is 11.1 Å². The number of amides is 1. The van der Waals surface area contributed by atoms with E-state index in [1.54, 1.807) is 18.2 Å². The first-order valence-corrected chi connectivity index (χ1v) is 6.00. The average Bonchev–Trinajstić information content (AvgIpc) is 2.48. The maximum atomic E-state index is 10.9. The number of hydrogen-bond acceptors (Lipinski definition) is 5. The predicted molar refractivity (Wildman–Crippen MR) is 73.7 cm³/mol. The van der Waals surface area contributed by atoms with Crippen LogP contribution >= 0.6 is 0 Å². The lowest BCUT2D eigenvalue weighted by Gasteiger charge is -2.14. The van der Waals surface area contributed by atoms with Crippen LogP contribution in [0.4, 0.5) is 5.82 Å². The molecular formula is C14H13N5O. The molecule has 0 spiro atoms. The number of benzene rings is 1. The van der Waals surface area contributed by atoms with E-state index >= 15 is 0 Å². The molecule has 2 aromatic rings. The number of carbonyl (C=O) groups is 1. The molecule has 2 rings (SSSR count). The zero-order chi connectivity index (χ0) is 14.5. The molecule has 0 aliphatic carbocycles. The highest BCUT2D eigenvalue weighted by Gasteiger charge is 2.08. The molecule has 0 aliphatic heterocycles. The van der Waals surface area contributed by atoms with E-state index in [1.165, 1.54) is 6.07 Å². The molecule has 1 amide bonds. The Morgan fingerprint density at radius 3 is 2.45 bits per heavy atom. The molecule has 1 aromatic carbocycles. The lowest BCUT2D eigenvalue weighted by Crippen LogP contribution is -2.15. The smallest absolute Gasteiger partial charge is 0.269 e. The summed E-state index contributed by atoms with van der Waals surface area (Å²) in [5.74, 6) is -0.0592. The lowest BCUT2D eigenvalue weighted by molar-refractivity contribution is 0.0994. The number of hydrogen-bond donors (Lipinski definition) is 2. The Balaban J connectivity index is 2.08. The third kappa shape index (κ3) is 3.09. The van der Waals surface area contributed by atoms with E-state index in [4.69, 9.17) is 11.0 Å². The monoisotopic (exact) mass is 267 g/mol. The number of primary amides is 1. The minimum absolute atomic E-state index is 0.00327. The van der Waals surface area contributed by atoms with Crippen molar-refractivity contribution in [2.45, 2.75) is 13.0 Å². The zero-order valence-electron chi connectivity index (χ0n) is 10.9. The molecule has 0 saturated carbocycles. The Morgan fingerprint density at radius 2 is 1.95 bits per heavy atom. The highest BCUT2D eigenvalue weighted by atomic mass is 16.1. The molecule has 1 heterocycles. The number of anilines is 1. The van der Waals surface area contributed by atoms with Gasteiger partial charge in [-0.3, -0.25) is 4.79 Å². The van der Waals surface area contributed by atoms with Gasteiger partial charge in [-0.1, -0.05) is 12.1 Å². The normalized spacial score (nSPS) is 11.4. The topological polar surface area (TPSA) is 105 Å².